The maximum absolute atomic E-state index is 5.37. The minimum atomic E-state index is 0.634. The zero-order valence-electron chi connectivity index (χ0n) is 6.12. The molecule has 0 saturated carbocycles. The molecule has 0 aliphatic heterocycles. The predicted molar refractivity (Wildman–Crippen MR) is 52.7 cm³/mol. The molecule has 0 saturated heterocycles. The van der Waals surface area contributed by atoms with Crippen molar-refractivity contribution in [1.29, 1.82) is 0 Å². The molecule has 0 atom stereocenters. The maximum Gasteiger partial charge on any atom is 0.210 e. The number of hydrogen-bond acceptors (Lipinski definition) is 4. The molecular formula is C7H6IN3O. The molecular weight excluding hydrogens is 269 g/mol. The third-order valence-electron chi connectivity index (χ3n) is 1.45. The van der Waals surface area contributed by atoms with Crippen LogP contribution >= 0.6 is 22.9 Å². The molecule has 0 aromatic carbocycles. The van der Waals surface area contributed by atoms with E-state index in [1.807, 2.05) is 6.07 Å². The van der Waals surface area contributed by atoms with Gasteiger partial charge in [-0.1, -0.05) is 0 Å². The Labute approximate surface area is 82.9 Å². The van der Waals surface area contributed by atoms with Crippen LogP contribution in [-0.4, -0.2) is 9.97 Å². The van der Waals surface area contributed by atoms with Crippen molar-refractivity contribution in [2.75, 3.05) is 0 Å². The number of hydrogen-bond donors (Lipinski definition) is 1. The first-order chi connectivity index (χ1) is 5.90. The van der Waals surface area contributed by atoms with Crippen LogP contribution < -0.4 is 3.53 Å². The highest BCUT2D eigenvalue weighted by Gasteiger charge is 2.02. The quantitative estimate of drug-likeness (QED) is 0.669. The lowest BCUT2D eigenvalue weighted by molar-refractivity contribution is 0.528. The summed E-state index contributed by atoms with van der Waals surface area (Å²) in [7, 11) is 0. The van der Waals surface area contributed by atoms with Gasteiger partial charge in [0.2, 0.25) is 5.89 Å². The van der Waals surface area contributed by atoms with Crippen molar-refractivity contribution in [3.8, 4) is 0 Å². The van der Waals surface area contributed by atoms with Gasteiger partial charge >= 0.3 is 0 Å². The van der Waals surface area contributed by atoms with Crippen LogP contribution in [0.1, 0.15) is 5.89 Å². The van der Waals surface area contributed by atoms with Gasteiger partial charge in [-0.15, -0.1) is 0 Å². The van der Waals surface area contributed by atoms with E-state index in [0.717, 1.165) is 11.1 Å². The zero-order valence-corrected chi connectivity index (χ0v) is 8.28. The average Bonchev–Trinajstić information content (AvgIpc) is 2.47. The van der Waals surface area contributed by atoms with Gasteiger partial charge in [0.25, 0.3) is 0 Å². The molecule has 2 aromatic rings. The lowest BCUT2D eigenvalue weighted by Crippen LogP contribution is -1.96. The summed E-state index contributed by atoms with van der Waals surface area (Å²) in [6.07, 6.45) is 3.37. The number of nitrogens with zero attached hydrogens (tertiary/aromatic N) is 2. The molecule has 62 valence electrons. The molecule has 4 nitrogen and oxygen atoms in total. The van der Waals surface area contributed by atoms with E-state index in [1.54, 1.807) is 12.4 Å². The third-order valence-corrected chi connectivity index (χ3v) is 1.84. The summed E-state index contributed by atoms with van der Waals surface area (Å²) in [5.41, 5.74) is 1.59. The summed E-state index contributed by atoms with van der Waals surface area (Å²) in [4.78, 5) is 8.16. The summed E-state index contributed by atoms with van der Waals surface area (Å²) in [5, 5.41) is 0. The van der Waals surface area contributed by atoms with Gasteiger partial charge in [-0.2, -0.15) is 0 Å². The van der Waals surface area contributed by atoms with Gasteiger partial charge in [0.15, 0.2) is 5.58 Å². The average molecular weight is 275 g/mol. The molecule has 0 bridgehead atoms. The van der Waals surface area contributed by atoms with Crippen LogP contribution in [0.4, 0.5) is 0 Å². The molecule has 1 N–H and O–H groups in total. The van der Waals surface area contributed by atoms with Crippen LogP contribution in [0.25, 0.3) is 11.1 Å². The van der Waals surface area contributed by atoms with Crippen LogP contribution in [0.15, 0.2) is 22.9 Å². The highest BCUT2D eigenvalue weighted by Crippen LogP contribution is 2.12. The fourth-order valence-corrected chi connectivity index (χ4v) is 1.29. The van der Waals surface area contributed by atoms with Crippen LogP contribution in [-0.2, 0) is 6.54 Å². The fourth-order valence-electron chi connectivity index (χ4n) is 0.960. The molecule has 0 aliphatic carbocycles. The summed E-state index contributed by atoms with van der Waals surface area (Å²) < 4.78 is 8.31. The first-order valence-electron chi connectivity index (χ1n) is 3.43. The van der Waals surface area contributed by atoms with Crippen molar-refractivity contribution >= 4 is 34.0 Å². The van der Waals surface area contributed by atoms with Crippen molar-refractivity contribution in [3.63, 3.8) is 0 Å². The number of halogens is 1. The van der Waals surface area contributed by atoms with Gasteiger partial charge in [0, 0.05) is 29.1 Å². The van der Waals surface area contributed by atoms with E-state index < -0.39 is 0 Å². The predicted octanol–water partition coefficient (Wildman–Crippen LogP) is 1.66. The molecule has 5 heteroatoms. The van der Waals surface area contributed by atoms with E-state index in [4.69, 9.17) is 4.42 Å². The van der Waals surface area contributed by atoms with Gasteiger partial charge in [0.05, 0.1) is 12.7 Å². The second kappa shape index (κ2) is 3.36. The lowest BCUT2D eigenvalue weighted by Gasteiger charge is -1.86. The minimum Gasteiger partial charge on any atom is -0.438 e. The standard InChI is InChI=1S/C7H6IN3O/c8-10-4-7-11-5-1-2-9-3-6(5)12-7/h1-3,10H,4H2. The SMILES string of the molecule is INCc1nc2ccncc2o1. The number of aromatic nitrogens is 2. The second-order valence-electron chi connectivity index (χ2n) is 2.26. The molecule has 0 fully saturated rings. The van der Waals surface area contributed by atoms with E-state index in [2.05, 4.69) is 36.4 Å². The summed E-state index contributed by atoms with van der Waals surface area (Å²) in [6.45, 7) is 0.634. The lowest BCUT2D eigenvalue weighted by atomic mass is 10.4. The Kier molecular flexibility index (Phi) is 2.22. The van der Waals surface area contributed by atoms with Gasteiger partial charge in [-0.05, 0) is 6.07 Å². The number of rotatable bonds is 2. The maximum atomic E-state index is 5.37. The van der Waals surface area contributed by atoms with E-state index in [1.165, 1.54) is 0 Å². The topological polar surface area (TPSA) is 51.0 Å². The fraction of sp³-hybridized carbons (Fsp3) is 0.143. The Balaban J connectivity index is 2.47. The molecule has 0 aliphatic rings. The van der Waals surface area contributed by atoms with Crippen LogP contribution in [0.5, 0.6) is 0 Å². The highest BCUT2D eigenvalue weighted by molar-refractivity contribution is 14.1. The van der Waals surface area contributed by atoms with E-state index in [9.17, 15) is 0 Å². The molecule has 0 unspecified atom stereocenters. The zero-order chi connectivity index (χ0) is 8.39. The molecule has 0 spiro atoms. The first-order valence-corrected chi connectivity index (χ1v) is 4.51. The Morgan fingerprint density at radius 2 is 2.50 bits per heavy atom. The number of nitrogens with one attached hydrogen (secondary N) is 1. The highest BCUT2D eigenvalue weighted by atomic mass is 127. The normalized spacial score (nSPS) is 10.8. The van der Waals surface area contributed by atoms with Crippen LogP contribution in [0.3, 0.4) is 0 Å². The second-order valence-corrected chi connectivity index (χ2v) is 3.02. The number of pyridine rings is 1. The van der Waals surface area contributed by atoms with Crippen molar-refractivity contribution in [2.24, 2.45) is 0 Å². The summed E-state index contributed by atoms with van der Waals surface area (Å²) in [6, 6.07) is 1.83. The van der Waals surface area contributed by atoms with Crippen LogP contribution in [0.2, 0.25) is 0 Å². The summed E-state index contributed by atoms with van der Waals surface area (Å²) in [5.74, 6) is 0.687. The Hall–Kier alpha value is -0.690. The Bertz CT molecular complexity index is 354. The third kappa shape index (κ3) is 1.42. The molecule has 0 amide bonds. The largest absolute Gasteiger partial charge is 0.438 e. The molecule has 2 heterocycles. The van der Waals surface area contributed by atoms with Gasteiger partial charge in [0.1, 0.15) is 5.52 Å². The Morgan fingerprint density at radius 1 is 1.58 bits per heavy atom. The summed E-state index contributed by atoms with van der Waals surface area (Å²) >= 11 is 2.05. The van der Waals surface area contributed by atoms with Gasteiger partial charge < -0.3 is 4.42 Å². The van der Waals surface area contributed by atoms with Crippen molar-refractivity contribution in [2.45, 2.75) is 6.54 Å². The number of oxazole rings is 1. The van der Waals surface area contributed by atoms with Crippen molar-refractivity contribution < 1.29 is 4.42 Å². The first kappa shape index (κ1) is 7.93. The van der Waals surface area contributed by atoms with E-state index in [0.29, 0.717) is 12.4 Å². The Morgan fingerprint density at radius 3 is 3.25 bits per heavy atom. The van der Waals surface area contributed by atoms with Gasteiger partial charge in [-0.3, -0.25) is 8.51 Å². The molecule has 2 aromatic heterocycles. The van der Waals surface area contributed by atoms with Crippen molar-refractivity contribution in [3.05, 3.63) is 24.4 Å². The minimum absolute atomic E-state index is 0.634. The molecule has 2 rings (SSSR count). The van der Waals surface area contributed by atoms with E-state index in [-0.39, 0.29) is 0 Å². The molecule has 0 radical (unpaired) electrons. The van der Waals surface area contributed by atoms with E-state index >= 15 is 0 Å². The van der Waals surface area contributed by atoms with Gasteiger partial charge in [-0.25, -0.2) is 4.98 Å². The number of fused-ring (bicyclic) bond motifs is 1. The monoisotopic (exact) mass is 275 g/mol. The van der Waals surface area contributed by atoms with Crippen molar-refractivity contribution in [1.82, 2.24) is 13.5 Å². The molecule has 12 heavy (non-hydrogen) atoms. The smallest absolute Gasteiger partial charge is 0.210 e. The van der Waals surface area contributed by atoms with Crippen LogP contribution in [0, 0.1) is 0 Å².